The molecule has 0 aliphatic heterocycles. The van der Waals surface area contributed by atoms with Crippen molar-refractivity contribution in [2.24, 2.45) is 5.73 Å². The lowest BCUT2D eigenvalue weighted by Gasteiger charge is -1.95. The van der Waals surface area contributed by atoms with E-state index in [0.717, 1.165) is 0 Å². The summed E-state index contributed by atoms with van der Waals surface area (Å²) in [5.41, 5.74) is 5.93. The highest BCUT2D eigenvalue weighted by Crippen LogP contribution is 1.94. The quantitative estimate of drug-likeness (QED) is 0.648. The van der Waals surface area contributed by atoms with Crippen LogP contribution in [-0.4, -0.2) is 9.97 Å². The molecule has 0 saturated heterocycles. The molecular formula is C6H8FN3. The van der Waals surface area contributed by atoms with Crippen molar-refractivity contribution in [3.8, 4) is 0 Å². The minimum absolute atomic E-state index is 0.197. The number of alkyl halides is 1. The zero-order valence-electron chi connectivity index (χ0n) is 5.42. The Bertz CT molecular complexity index is 195. The Labute approximate surface area is 58.1 Å². The van der Waals surface area contributed by atoms with E-state index >= 15 is 0 Å². The lowest BCUT2D eigenvalue weighted by atomic mass is 10.4. The lowest BCUT2D eigenvalue weighted by Crippen LogP contribution is -2.02. The van der Waals surface area contributed by atoms with Gasteiger partial charge in [0.05, 0.1) is 5.69 Å². The van der Waals surface area contributed by atoms with Crippen LogP contribution < -0.4 is 5.73 Å². The number of rotatable bonds is 2. The maximum absolute atomic E-state index is 11.9. The zero-order valence-corrected chi connectivity index (χ0v) is 5.42. The van der Waals surface area contributed by atoms with Crippen LogP contribution in [0.25, 0.3) is 0 Å². The SMILES string of the molecule is NCc1ccnc(CF)n1. The highest BCUT2D eigenvalue weighted by atomic mass is 19.1. The summed E-state index contributed by atoms with van der Waals surface area (Å²) in [6, 6.07) is 1.67. The second-order valence-electron chi connectivity index (χ2n) is 1.80. The van der Waals surface area contributed by atoms with Gasteiger partial charge in [-0.05, 0) is 6.07 Å². The molecule has 2 N–H and O–H groups in total. The van der Waals surface area contributed by atoms with E-state index in [0.29, 0.717) is 12.2 Å². The number of hydrogen-bond donors (Lipinski definition) is 1. The van der Waals surface area contributed by atoms with Crippen LogP contribution in [-0.2, 0) is 13.2 Å². The molecule has 0 aliphatic rings. The van der Waals surface area contributed by atoms with E-state index in [1.807, 2.05) is 0 Å². The summed E-state index contributed by atoms with van der Waals surface area (Å²) in [4.78, 5) is 7.46. The highest BCUT2D eigenvalue weighted by Gasteiger charge is 1.94. The molecule has 0 spiro atoms. The number of aromatic nitrogens is 2. The maximum Gasteiger partial charge on any atom is 0.159 e. The molecule has 4 heteroatoms. The van der Waals surface area contributed by atoms with Crippen LogP contribution in [0.1, 0.15) is 11.5 Å². The number of halogens is 1. The van der Waals surface area contributed by atoms with Gasteiger partial charge in [0.15, 0.2) is 5.82 Å². The Morgan fingerprint density at radius 2 is 2.40 bits per heavy atom. The van der Waals surface area contributed by atoms with Gasteiger partial charge in [-0.2, -0.15) is 0 Å². The topological polar surface area (TPSA) is 51.8 Å². The minimum Gasteiger partial charge on any atom is -0.325 e. The molecule has 0 atom stereocenters. The predicted molar refractivity (Wildman–Crippen MR) is 34.7 cm³/mol. The first kappa shape index (κ1) is 7.08. The fourth-order valence-corrected chi connectivity index (χ4v) is 0.619. The molecule has 0 radical (unpaired) electrons. The summed E-state index contributed by atoms with van der Waals surface area (Å²) >= 11 is 0. The molecule has 0 fully saturated rings. The van der Waals surface area contributed by atoms with Crippen LogP contribution in [0.5, 0.6) is 0 Å². The largest absolute Gasteiger partial charge is 0.325 e. The van der Waals surface area contributed by atoms with Gasteiger partial charge < -0.3 is 5.73 Å². The molecule has 1 aromatic heterocycles. The first-order valence-electron chi connectivity index (χ1n) is 2.93. The molecule has 3 nitrogen and oxygen atoms in total. The van der Waals surface area contributed by atoms with Crippen molar-refractivity contribution in [2.75, 3.05) is 0 Å². The number of nitrogens with two attached hydrogens (primary N) is 1. The molecule has 0 unspecified atom stereocenters. The first-order valence-corrected chi connectivity index (χ1v) is 2.93. The number of hydrogen-bond acceptors (Lipinski definition) is 3. The Morgan fingerprint density at radius 1 is 1.60 bits per heavy atom. The second kappa shape index (κ2) is 3.22. The van der Waals surface area contributed by atoms with Gasteiger partial charge in [-0.1, -0.05) is 0 Å². The van der Waals surface area contributed by atoms with Gasteiger partial charge in [0.25, 0.3) is 0 Å². The Morgan fingerprint density at radius 3 is 3.00 bits per heavy atom. The molecule has 0 bridgehead atoms. The van der Waals surface area contributed by atoms with Gasteiger partial charge in [-0.3, -0.25) is 0 Å². The molecule has 54 valence electrons. The fourth-order valence-electron chi connectivity index (χ4n) is 0.619. The van der Waals surface area contributed by atoms with Crippen LogP contribution in [0.15, 0.2) is 12.3 Å². The summed E-state index contributed by atoms with van der Waals surface area (Å²) in [6.07, 6.45) is 1.50. The van der Waals surface area contributed by atoms with Crippen molar-refractivity contribution in [1.82, 2.24) is 9.97 Å². The smallest absolute Gasteiger partial charge is 0.159 e. The highest BCUT2D eigenvalue weighted by molar-refractivity contribution is 5.00. The van der Waals surface area contributed by atoms with Crippen molar-refractivity contribution in [2.45, 2.75) is 13.2 Å². The Hall–Kier alpha value is -1.03. The number of nitrogens with zero attached hydrogens (tertiary/aromatic N) is 2. The Balaban J connectivity index is 2.87. The van der Waals surface area contributed by atoms with Gasteiger partial charge in [0.2, 0.25) is 0 Å². The molecular weight excluding hydrogens is 133 g/mol. The first-order chi connectivity index (χ1) is 4.86. The van der Waals surface area contributed by atoms with Crippen molar-refractivity contribution in [1.29, 1.82) is 0 Å². The second-order valence-corrected chi connectivity index (χ2v) is 1.80. The van der Waals surface area contributed by atoms with E-state index in [1.165, 1.54) is 6.20 Å². The lowest BCUT2D eigenvalue weighted by molar-refractivity contribution is 0.464. The summed E-state index contributed by atoms with van der Waals surface area (Å²) in [5.74, 6) is 0.197. The summed E-state index contributed by atoms with van der Waals surface area (Å²) in [5, 5.41) is 0. The van der Waals surface area contributed by atoms with E-state index < -0.39 is 6.67 Å². The van der Waals surface area contributed by atoms with Crippen molar-refractivity contribution >= 4 is 0 Å². The average molecular weight is 141 g/mol. The van der Waals surface area contributed by atoms with Crippen LogP contribution in [0.4, 0.5) is 4.39 Å². The van der Waals surface area contributed by atoms with E-state index in [-0.39, 0.29) is 5.82 Å². The van der Waals surface area contributed by atoms with Crippen LogP contribution in [0.2, 0.25) is 0 Å². The molecule has 0 aromatic carbocycles. The normalized spacial score (nSPS) is 9.80. The van der Waals surface area contributed by atoms with Crippen molar-refractivity contribution in [3.05, 3.63) is 23.8 Å². The molecule has 1 rings (SSSR count). The van der Waals surface area contributed by atoms with Gasteiger partial charge in [-0.15, -0.1) is 0 Å². The third kappa shape index (κ3) is 1.48. The zero-order chi connectivity index (χ0) is 7.40. The average Bonchev–Trinajstić information content (AvgIpc) is 2.05. The van der Waals surface area contributed by atoms with Gasteiger partial charge >= 0.3 is 0 Å². The Kier molecular flexibility index (Phi) is 2.28. The standard InChI is InChI=1S/C6H8FN3/c7-3-6-9-2-1-5(4-8)10-6/h1-2H,3-4,8H2. The van der Waals surface area contributed by atoms with Crippen LogP contribution in [0.3, 0.4) is 0 Å². The van der Waals surface area contributed by atoms with Crippen LogP contribution in [0, 0.1) is 0 Å². The molecule has 10 heavy (non-hydrogen) atoms. The summed E-state index contributed by atoms with van der Waals surface area (Å²) < 4.78 is 11.9. The van der Waals surface area contributed by atoms with E-state index in [2.05, 4.69) is 9.97 Å². The van der Waals surface area contributed by atoms with E-state index in [9.17, 15) is 4.39 Å². The summed E-state index contributed by atoms with van der Waals surface area (Å²) in [6.45, 7) is -0.302. The van der Waals surface area contributed by atoms with E-state index in [1.54, 1.807) is 6.07 Å². The minimum atomic E-state index is -0.631. The molecule has 1 aromatic rings. The van der Waals surface area contributed by atoms with E-state index in [4.69, 9.17) is 5.73 Å². The van der Waals surface area contributed by atoms with Crippen molar-refractivity contribution in [3.63, 3.8) is 0 Å². The van der Waals surface area contributed by atoms with Gasteiger partial charge in [0.1, 0.15) is 6.67 Å². The van der Waals surface area contributed by atoms with Crippen molar-refractivity contribution < 1.29 is 4.39 Å². The molecule has 0 amide bonds. The third-order valence-electron chi connectivity index (χ3n) is 1.09. The molecule has 0 aliphatic carbocycles. The third-order valence-corrected chi connectivity index (χ3v) is 1.09. The molecule has 0 saturated carbocycles. The van der Waals surface area contributed by atoms with Gasteiger partial charge in [-0.25, -0.2) is 14.4 Å². The fraction of sp³-hybridized carbons (Fsp3) is 0.333. The maximum atomic E-state index is 11.9. The van der Waals surface area contributed by atoms with Crippen LogP contribution >= 0.6 is 0 Å². The van der Waals surface area contributed by atoms with Gasteiger partial charge in [0, 0.05) is 12.7 Å². The molecule has 1 heterocycles. The monoisotopic (exact) mass is 141 g/mol. The predicted octanol–water partition coefficient (Wildman–Crippen LogP) is 0.405. The summed E-state index contributed by atoms with van der Waals surface area (Å²) in [7, 11) is 0.